The number of nitrogens with zero attached hydrogens (tertiary/aromatic N) is 4. The van der Waals surface area contributed by atoms with Gasteiger partial charge in [0.05, 0.1) is 6.33 Å². The van der Waals surface area contributed by atoms with E-state index in [-0.39, 0.29) is 5.95 Å². The highest BCUT2D eigenvalue weighted by Gasteiger charge is 2.16. The monoisotopic (exact) mass is 278 g/mol. The standard InChI is InChI=1S/C14H10N6O/c15-14-18-11(12-13(19-14)17-7-16-12)10-6-9(20-21-10)8-4-2-1-3-5-8/h1-7H,(H3,15,16,17,18,19). The summed E-state index contributed by atoms with van der Waals surface area (Å²) in [7, 11) is 0. The minimum atomic E-state index is 0.141. The van der Waals surface area contributed by atoms with E-state index in [4.69, 9.17) is 10.3 Å². The summed E-state index contributed by atoms with van der Waals surface area (Å²) in [6, 6.07) is 11.6. The molecule has 0 radical (unpaired) electrons. The van der Waals surface area contributed by atoms with Gasteiger partial charge in [0, 0.05) is 11.6 Å². The van der Waals surface area contributed by atoms with Gasteiger partial charge in [0.1, 0.15) is 16.9 Å². The molecule has 0 fully saturated rings. The molecule has 0 aliphatic heterocycles. The van der Waals surface area contributed by atoms with Crippen molar-refractivity contribution in [2.45, 2.75) is 0 Å². The van der Waals surface area contributed by atoms with Gasteiger partial charge in [-0.3, -0.25) is 0 Å². The van der Waals surface area contributed by atoms with E-state index >= 15 is 0 Å². The Kier molecular flexibility index (Phi) is 2.43. The van der Waals surface area contributed by atoms with Gasteiger partial charge >= 0.3 is 0 Å². The highest BCUT2D eigenvalue weighted by atomic mass is 16.5. The van der Waals surface area contributed by atoms with Crippen molar-refractivity contribution in [3.8, 4) is 22.7 Å². The molecule has 7 nitrogen and oxygen atoms in total. The second-order valence-corrected chi connectivity index (χ2v) is 4.47. The zero-order valence-corrected chi connectivity index (χ0v) is 10.8. The maximum absolute atomic E-state index is 5.70. The SMILES string of the molecule is Nc1nc(-c2cc(-c3ccccc3)no2)c2[nH]cnc2n1. The third-order valence-electron chi connectivity index (χ3n) is 3.12. The molecule has 0 aliphatic rings. The number of nitrogen functional groups attached to an aromatic ring is 1. The lowest BCUT2D eigenvalue weighted by atomic mass is 10.1. The molecule has 0 aliphatic carbocycles. The number of nitrogens with one attached hydrogen (secondary N) is 1. The second kappa shape index (κ2) is 4.41. The molecule has 4 aromatic rings. The Hall–Kier alpha value is -3.22. The van der Waals surface area contributed by atoms with Gasteiger partial charge in [0.25, 0.3) is 0 Å². The number of aromatic amines is 1. The average Bonchev–Trinajstić information content (AvgIpc) is 3.16. The summed E-state index contributed by atoms with van der Waals surface area (Å²) in [6.07, 6.45) is 1.54. The fourth-order valence-corrected chi connectivity index (χ4v) is 2.16. The van der Waals surface area contributed by atoms with Crippen molar-refractivity contribution in [2.24, 2.45) is 0 Å². The van der Waals surface area contributed by atoms with Crippen LogP contribution in [0.25, 0.3) is 33.9 Å². The predicted octanol–water partition coefficient (Wildman–Crippen LogP) is 2.26. The van der Waals surface area contributed by atoms with Gasteiger partial charge < -0.3 is 15.2 Å². The molecule has 21 heavy (non-hydrogen) atoms. The number of hydrogen-bond donors (Lipinski definition) is 2. The molecule has 4 rings (SSSR count). The summed E-state index contributed by atoms with van der Waals surface area (Å²) in [4.78, 5) is 15.3. The van der Waals surface area contributed by atoms with E-state index in [1.165, 1.54) is 6.33 Å². The molecule has 0 unspecified atom stereocenters. The molecule has 0 bridgehead atoms. The summed E-state index contributed by atoms with van der Waals surface area (Å²) in [6.45, 7) is 0. The molecule has 0 atom stereocenters. The molecule has 3 aromatic heterocycles. The number of benzene rings is 1. The molecular weight excluding hydrogens is 268 g/mol. The van der Waals surface area contributed by atoms with Crippen molar-refractivity contribution in [1.29, 1.82) is 0 Å². The first-order valence-electron chi connectivity index (χ1n) is 6.30. The molecule has 1 aromatic carbocycles. The molecule has 3 N–H and O–H groups in total. The molecule has 0 saturated heterocycles. The lowest BCUT2D eigenvalue weighted by Crippen LogP contribution is -1.97. The summed E-state index contributed by atoms with van der Waals surface area (Å²) in [5.41, 5.74) is 9.11. The van der Waals surface area contributed by atoms with Crippen LogP contribution in [-0.2, 0) is 0 Å². The van der Waals surface area contributed by atoms with Gasteiger partial charge in [-0.25, -0.2) is 9.97 Å². The third kappa shape index (κ3) is 1.91. The average molecular weight is 278 g/mol. The summed E-state index contributed by atoms with van der Waals surface area (Å²) in [5, 5.41) is 4.07. The Labute approximate surface area is 118 Å². The molecule has 0 spiro atoms. The van der Waals surface area contributed by atoms with Crippen molar-refractivity contribution >= 4 is 17.1 Å². The van der Waals surface area contributed by atoms with Crippen molar-refractivity contribution in [3.63, 3.8) is 0 Å². The molecule has 102 valence electrons. The van der Waals surface area contributed by atoms with Crippen molar-refractivity contribution in [3.05, 3.63) is 42.7 Å². The van der Waals surface area contributed by atoms with Crippen LogP contribution in [0, 0.1) is 0 Å². The molecular formula is C14H10N6O. The number of H-pyrrole nitrogens is 1. The summed E-state index contributed by atoms with van der Waals surface area (Å²) < 4.78 is 5.39. The van der Waals surface area contributed by atoms with E-state index in [0.29, 0.717) is 22.6 Å². The number of nitrogens with two attached hydrogens (primary N) is 1. The normalized spacial score (nSPS) is 11.0. The molecule has 7 heteroatoms. The zero-order valence-electron chi connectivity index (χ0n) is 10.8. The first kappa shape index (κ1) is 11.6. The van der Waals surface area contributed by atoms with Gasteiger partial charge in [-0.15, -0.1) is 0 Å². The Morgan fingerprint density at radius 3 is 2.81 bits per heavy atom. The van der Waals surface area contributed by atoms with Crippen LogP contribution in [-0.4, -0.2) is 25.1 Å². The van der Waals surface area contributed by atoms with Crippen LogP contribution in [0.4, 0.5) is 5.95 Å². The molecule has 0 saturated carbocycles. The van der Waals surface area contributed by atoms with Crippen LogP contribution in [0.3, 0.4) is 0 Å². The Bertz CT molecular complexity index is 912. The van der Waals surface area contributed by atoms with Gasteiger partial charge in [-0.2, -0.15) is 4.98 Å². The maximum Gasteiger partial charge on any atom is 0.222 e. The van der Waals surface area contributed by atoms with Crippen LogP contribution in [0.2, 0.25) is 0 Å². The number of rotatable bonds is 2. The van der Waals surface area contributed by atoms with E-state index in [2.05, 4.69) is 25.1 Å². The van der Waals surface area contributed by atoms with E-state index in [1.54, 1.807) is 0 Å². The van der Waals surface area contributed by atoms with Gasteiger partial charge in [-0.05, 0) is 0 Å². The van der Waals surface area contributed by atoms with Crippen LogP contribution in [0.5, 0.6) is 0 Å². The highest BCUT2D eigenvalue weighted by Crippen LogP contribution is 2.28. The summed E-state index contributed by atoms with van der Waals surface area (Å²) in [5.74, 6) is 0.652. The second-order valence-electron chi connectivity index (χ2n) is 4.47. The fraction of sp³-hybridized carbons (Fsp3) is 0. The van der Waals surface area contributed by atoms with Crippen LogP contribution < -0.4 is 5.73 Å². The number of hydrogen-bond acceptors (Lipinski definition) is 6. The van der Waals surface area contributed by atoms with E-state index in [9.17, 15) is 0 Å². The van der Waals surface area contributed by atoms with Crippen molar-refractivity contribution in [2.75, 3.05) is 5.73 Å². The minimum absolute atomic E-state index is 0.141. The molecule has 0 amide bonds. The smallest absolute Gasteiger partial charge is 0.222 e. The minimum Gasteiger partial charge on any atom is -0.368 e. The van der Waals surface area contributed by atoms with Crippen LogP contribution in [0.15, 0.2) is 47.2 Å². The quantitative estimate of drug-likeness (QED) is 0.582. The zero-order chi connectivity index (χ0) is 14.2. The van der Waals surface area contributed by atoms with Gasteiger partial charge in [0.15, 0.2) is 11.4 Å². The van der Waals surface area contributed by atoms with Crippen molar-refractivity contribution < 1.29 is 4.52 Å². The number of fused-ring (bicyclic) bond motifs is 1. The lowest BCUT2D eigenvalue weighted by molar-refractivity contribution is 0.434. The third-order valence-corrected chi connectivity index (χ3v) is 3.12. The topological polar surface area (TPSA) is 107 Å². The van der Waals surface area contributed by atoms with Gasteiger partial charge in [0.2, 0.25) is 5.95 Å². The number of aromatic nitrogens is 5. The van der Waals surface area contributed by atoms with E-state index < -0.39 is 0 Å². The maximum atomic E-state index is 5.70. The predicted molar refractivity (Wildman–Crippen MR) is 77.0 cm³/mol. The molecule has 3 heterocycles. The number of imidazole rings is 1. The first-order chi connectivity index (χ1) is 10.3. The van der Waals surface area contributed by atoms with Crippen LogP contribution >= 0.6 is 0 Å². The van der Waals surface area contributed by atoms with E-state index in [0.717, 1.165) is 11.3 Å². The fourth-order valence-electron chi connectivity index (χ4n) is 2.16. The Balaban J connectivity index is 1.87. The van der Waals surface area contributed by atoms with Crippen molar-refractivity contribution in [1.82, 2.24) is 25.1 Å². The van der Waals surface area contributed by atoms with Crippen LogP contribution in [0.1, 0.15) is 0 Å². The first-order valence-corrected chi connectivity index (χ1v) is 6.30. The number of anilines is 1. The van der Waals surface area contributed by atoms with Gasteiger partial charge in [-0.1, -0.05) is 35.5 Å². The highest BCUT2D eigenvalue weighted by molar-refractivity contribution is 5.86. The largest absolute Gasteiger partial charge is 0.368 e. The Morgan fingerprint density at radius 2 is 1.95 bits per heavy atom. The lowest BCUT2D eigenvalue weighted by Gasteiger charge is -1.98. The summed E-state index contributed by atoms with van der Waals surface area (Å²) >= 11 is 0. The Morgan fingerprint density at radius 1 is 1.10 bits per heavy atom. The van der Waals surface area contributed by atoms with E-state index in [1.807, 2.05) is 36.4 Å².